The fourth-order valence-electron chi connectivity index (χ4n) is 2.34. The van der Waals surface area contributed by atoms with Gasteiger partial charge in [-0.3, -0.25) is 4.90 Å². The fraction of sp³-hybridized carbons (Fsp3) is 0.538. The lowest BCUT2D eigenvalue weighted by atomic mass is 10.1. The maximum Gasteiger partial charge on any atom is 0.416 e. The van der Waals surface area contributed by atoms with E-state index in [0.717, 1.165) is 18.7 Å². The minimum absolute atomic E-state index is 0. The topological polar surface area (TPSA) is 29.3 Å². The van der Waals surface area contributed by atoms with Crippen molar-refractivity contribution < 1.29 is 13.2 Å². The third-order valence-electron chi connectivity index (χ3n) is 3.51. The van der Waals surface area contributed by atoms with Gasteiger partial charge in [-0.15, -0.1) is 12.4 Å². The molecule has 1 aliphatic heterocycles. The van der Waals surface area contributed by atoms with Gasteiger partial charge >= 0.3 is 6.18 Å². The molecule has 114 valence electrons. The van der Waals surface area contributed by atoms with Gasteiger partial charge in [0.1, 0.15) is 0 Å². The molecule has 0 radical (unpaired) electrons. The van der Waals surface area contributed by atoms with Crippen LogP contribution < -0.4 is 5.73 Å². The van der Waals surface area contributed by atoms with Gasteiger partial charge in [-0.2, -0.15) is 13.2 Å². The number of benzene rings is 1. The minimum Gasteiger partial charge on any atom is -0.326 e. The van der Waals surface area contributed by atoms with E-state index in [4.69, 9.17) is 17.3 Å². The second-order valence-electron chi connectivity index (χ2n) is 5.14. The van der Waals surface area contributed by atoms with Gasteiger partial charge in [-0.25, -0.2) is 0 Å². The van der Waals surface area contributed by atoms with Crippen LogP contribution in [-0.2, 0) is 12.7 Å². The number of halogens is 5. The van der Waals surface area contributed by atoms with Crippen molar-refractivity contribution in [2.24, 2.45) is 11.7 Å². The van der Waals surface area contributed by atoms with Crippen LogP contribution in [-0.4, -0.2) is 24.0 Å². The molecule has 20 heavy (non-hydrogen) atoms. The third-order valence-corrected chi connectivity index (χ3v) is 3.88. The molecule has 1 aromatic rings. The summed E-state index contributed by atoms with van der Waals surface area (Å²) in [5.41, 5.74) is 5.74. The monoisotopic (exact) mass is 328 g/mol. The molecule has 0 saturated carbocycles. The van der Waals surface area contributed by atoms with Gasteiger partial charge in [0.2, 0.25) is 0 Å². The van der Waals surface area contributed by atoms with Crippen LogP contribution in [0.3, 0.4) is 0 Å². The molecule has 2 rings (SSSR count). The van der Waals surface area contributed by atoms with Crippen molar-refractivity contribution >= 4 is 24.0 Å². The van der Waals surface area contributed by atoms with Crippen LogP contribution in [0.1, 0.15) is 18.1 Å². The smallest absolute Gasteiger partial charge is 0.326 e. The predicted molar refractivity (Wildman–Crippen MR) is 76.1 cm³/mol. The van der Waals surface area contributed by atoms with Crippen LogP contribution in [0.25, 0.3) is 0 Å². The van der Waals surface area contributed by atoms with E-state index in [1.807, 2.05) is 11.8 Å². The average Bonchev–Trinajstić information content (AvgIpc) is 2.59. The number of alkyl halides is 3. The molecule has 0 amide bonds. The van der Waals surface area contributed by atoms with Gasteiger partial charge in [0.15, 0.2) is 0 Å². The van der Waals surface area contributed by atoms with E-state index in [0.29, 0.717) is 29.6 Å². The van der Waals surface area contributed by atoms with E-state index in [-0.39, 0.29) is 18.4 Å². The zero-order valence-corrected chi connectivity index (χ0v) is 12.5. The molecule has 1 aliphatic rings. The molecule has 0 bridgehead atoms. The maximum atomic E-state index is 12.7. The normalized spacial score (nSPS) is 23.7. The van der Waals surface area contributed by atoms with Crippen molar-refractivity contribution in [2.75, 3.05) is 13.1 Å². The molecule has 1 aromatic carbocycles. The summed E-state index contributed by atoms with van der Waals surface area (Å²) in [7, 11) is 0. The van der Waals surface area contributed by atoms with Crippen LogP contribution >= 0.6 is 24.0 Å². The first kappa shape index (κ1) is 17.6. The van der Waals surface area contributed by atoms with Crippen molar-refractivity contribution in [3.05, 3.63) is 34.3 Å². The Morgan fingerprint density at radius 2 is 2.00 bits per heavy atom. The van der Waals surface area contributed by atoms with Gasteiger partial charge in [0.25, 0.3) is 0 Å². The lowest BCUT2D eigenvalue weighted by Gasteiger charge is -2.17. The number of hydrogen-bond donors (Lipinski definition) is 1. The summed E-state index contributed by atoms with van der Waals surface area (Å²) in [5, 5.41) is 0.362. The Bertz CT molecular complexity index is 455. The summed E-state index contributed by atoms with van der Waals surface area (Å²) in [6.07, 6.45) is -4.34. The standard InChI is InChI=1S/C13H16ClF3N2.ClH/c1-8-5-19(7-12(8)18)6-9-4-10(13(15,16)17)2-3-11(9)14;/h2-4,8,12H,5-7,18H2,1H3;1H. The third kappa shape index (κ3) is 4.01. The number of rotatable bonds is 2. The molecule has 0 aliphatic carbocycles. The van der Waals surface area contributed by atoms with Crippen molar-refractivity contribution in [2.45, 2.75) is 25.7 Å². The largest absolute Gasteiger partial charge is 0.416 e. The Kier molecular flexibility index (Phi) is 5.72. The lowest BCUT2D eigenvalue weighted by Crippen LogP contribution is -2.28. The summed E-state index contributed by atoms with van der Waals surface area (Å²) in [6.45, 7) is 3.92. The molecule has 2 nitrogen and oxygen atoms in total. The summed E-state index contributed by atoms with van der Waals surface area (Å²) >= 11 is 5.97. The maximum absolute atomic E-state index is 12.7. The van der Waals surface area contributed by atoms with Gasteiger partial charge in [-0.1, -0.05) is 18.5 Å². The second kappa shape index (κ2) is 6.52. The van der Waals surface area contributed by atoms with Gasteiger partial charge < -0.3 is 5.73 Å². The summed E-state index contributed by atoms with van der Waals surface area (Å²) < 4.78 is 38.0. The van der Waals surface area contributed by atoms with Crippen LogP contribution in [0.5, 0.6) is 0 Å². The summed E-state index contributed by atoms with van der Waals surface area (Å²) in [5.74, 6) is 0.351. The Morgan fingerprint density at radius 3 is 2.50 bits per heavy atom. The van der Waals surface area contributed by atoms with Crippen LogP contribution in [0.2, 0.25) is 5.02 Å². The SMILES string of the molecule is CC1CN(Cc2cc(C(F)(F)F)ccc2Cl)CC1N.Cl. The van der Waals surface area contributed by atoms with E-state index in [1.165, 1.54) is 6.07 Å². The summed E-state index contributed by atoms with van der Waals surface area (Å²) in [6, 6.07) is 3.50. The van der Waals surface area contributed by atoms with Crippen molar-refractivity contribution in [1.29, 1.82) is 0 Å². The fourth-order valence-corrected chi connectivity index (χ4v) is 2.51. The highest BCUT2D eigenvalue weighted by Crippen LogP contribution is 2.32. The highest BCUT2D eigenvalue weighted by atomic mass is 35.5. The van der Waals surface area contributed by atoms with E-state index in [9.17, 15) is 13.2 Å². The number of hydrogen-bond acceptors (Lipinski definition) is 2. The van der Waals surface area contributed by atoms with E-state index < -0.39 is 11.7 Å². The minimum atomic E-state index is -4.34. The van der Waals surface area contributed by atoms with Crippen LogP contribution in [0.4, 0.5) is 13.2 Å². The van der Waals surface area contributed by atoms with Gasteiger partial charge in [0.05, 0.1) is 5.56 Å². The van der Waals surface area contributed by atoms with Gasteiger partial charge in [-0.05, 0) is 29.7 Å². The predicted octanol–water partition coefficient (Wildman–Crippen LogP) is 3.56. The van der Waals surface area contributed by atoms with E-state index >= 15 is 0 Å². The van der Waals surface area contributed by atoms with E-state index in [1.54, 1.807) is 0 Å². The van der Waals surface area contributed by atoms with Crippen LogP contribution in [0, 0.1) is 5.92 Å². The molecule has 1 saturated heterocycles. The van der Waals surface area contributed by atoms with Crippen molar-refractivity contribution in [1.82, 2.24) is 4.90 Å². The molecule has 1 fully saturated rings. The Labute approximate surface area is 127 Å². The number of nitrogens with zero attached hydrogens (tertiary/aromatic N) is 1. The quantitative estimate of drug-likeness (QED) is 0.899. The molecular formula is C13H17Cl2F3N2. The molecule has 0 aromatic heterocycles. The molecular weight excluding hydrogens is 312 g/mol. The lowest BCUT2D eigenvalue weighted by molar-refractivity contribution is -0.137. The molecule has 2 N–H and O–H groups in total. The zero-order chi connectivity index (χ0) is 14.2. The number of nitrogens with two attached hydrogens (primary N) is 1. The zero-order valence-electron chi connectivity index (χ0n) is 11.0. The first-order valence-electron chi connectivity index (χ1n) is 6.11. The average molecular weight is 329 g/mol. The first-order valence-corrected chi connectivity index (χ1v) is 6.48. The number of likely N-dealkylation sites (tertiary alicyclic amines) is 1. The van der Waals surface area contributed by atoms with E-state index in [2.05, 4.69) is 0 Å². The molecule has 7 heteroatoms. The Balaban J connectivity index is 0.00000200. The Morgan fingerprint density at radius 1 is 1.35 bits per heavy atom. The molecule has 1 heterocycles. The second-order valence-corrected chi connectivity index (χ2v) is 5.55. The van der Waals surface area contributed by atoms with Gasteiger partial charge in [0, 0.05) is 30.7 Å². The van der Waals surface area contributed by atoms with Crippen LogP contribution in [0.15, 0.2) is 18.2 Å². The Hall–Kier alpha value is -0.490. The highest BCUT2D eigenvalue weighted by Gasteiger charge is 2.32. The first-order chi connectivity index (χ1) is 8.77. The molecule has 2 unspecified atom stereocenters. The van der Waals surface area contributed by atoms with Crippen molar-refractivity contribution in [3.63, 3.8) is 0 Å². The van der Waals surface area contributed by atoms with Crippen molar-refractivity contribution in [3.8, 4) is 0 Å². The highest BCUT2D eigenvalue weighted by molar-refractivity contribution is 6.31. The molecule has 2 atom stereocenters. The summed E-state index contributed by atoms with van der Waals surface area (Å²) in [4.78, 5) is 2.04. The molecule has 0 spiro atoms.